The predicted octanol–water partition coefficient (Wildman–Crippen LogP) is 4.68. The highest BCUT2D eigenvalue weighted by Crippen LogP contribution is 2.37. The Bertz CT molecular complexity index is 1490. The Morgan fingerprint density at radius 2 is 1.95 bits per heavy atom. The van der Waals surface area contributed by atoms with Crippen LogP contribution in [0.25, 0.3) is 0 Å². The van der Waals surface area contributed by atoms with Crippen LogP contribution in [0.5, 0.6) is 5.75 Å². The van der Waals surface area contributed by atoms with E-state index in [1.807, 2.05) is 54.6 Å². The fraction of sp³-hybridized carbons (Fsp3) is 0.241. The molecule has 39 heavy (non-hydrogen) atoms. The van der Waals surface area contributed by atoms with Crippen LogP contribution in [0.2, 0.25) is 0 Å². The summed E-state index contributed by atoms with van der Waals surface area (Å²) < 4.78 is 25.2. The summed E-state index contributed by atoms with van der Waals surface area (Å²) in [6.45, 7) is 0.813. The van der Waals surface area contributed by atoms with E-state index in [4.69, 9.17) is 19.5 Å². The standard InChI is InChI=1S/C29H25FN4O4S/c30-21-12-19-15-37-17-38-26(19)20(13-21)16-39-29-33-23-9-5-4-8-22(23)27-32-24(28(36)34(27)29)10-11-25(35)31-14-18-6-2-1-3-7-18/h1-9,12-13,24H,10-11,14-17H2,(H,31,35)/t24-/m0/s1. The molecule has 1 N–H and O–H groups in total. The highest BCUT2D eigenvalue weighted by atomic mass is 32.2. The van der Waals surface area contributed by atoms with Crippen molar-refractivity contribution < 1.29 is 23.5 Å². The lowest BCUT2D eigenvalue weighted by molar-refractivity contribution is -0.125. The van der Waals surface area contributed by atoms with E-state index in [2.05, 4.69) is 5.32 Å². The first-order chi connectivity index (χ1) is 19.1. The van der Waals surface area contributed by atoms with Crippen molar-refractivity contribution in [3.05, 3.63) is 94.8 Å². The maximum atomic E-state index is 14.3. The number of hydrogen-bond donors (Lipinski definition) is 1. The molecule has 3 aliphatic rings. The van der Waals surface area contributed by atoms with Gasteiger partial charge in [-0.25, -0.2) is 14.3 Å². The van der Waals surface area contributed by atoms with Gasteiger partial charge >= 0.3 is 0 Å². The van der Waals surface area contributed by atoms with Gasteiger partial charge in [0.05, 0.1) is 12.3 Å². The molecule has 8 nitrogen and oxygen atoms in total. The van der Waals surface area contributed by atoms with E-state index in [1.54, 1.807) is 0 Å². The van der Waals surface area contributed by atoms with Crippen LogP contribution in [0.3, 0.4) is 0 Å². The van der Waals surface area contributed by atoms with E-state index in [-0.39, 0.29) is 43.9 Å². The van der Waals surface area contributed by atoms with Crippen molar-refractivity contribution in [3.8, 4) is 5.75 Å². The van der Waals surface area contributed by atoms with Crippen molar-refractivity contribution in [2.45, 2.75) is 37.8 Å². The molecule has 198 valence electrons. The SMILES string of the molecule is O=C(CC[C@@H]1N=C2c3ccccc3N=C(SCc3cc(F)cc4c3OCOC4)N2C1=O)NCc1ccccc1. The summed E-state index contributed by atoms with van der Waals surface area (Å²) in [5.74, 6) is 0.721. The number of para-hydroxylation sites is 1. The number of carbonyl (C=O) groups is 2. The number of nitrogens with zero attached hydrogens (tertiary/aromatic N) is 3. The van der Waals surface area contributed by atoms with Crippen LogP contribution in [-0.4, -0.2) is 40.6 Å². The average molecular weight is 545 g/mol. The molecule has 10 heteroatoms. The number of amidine groups is 2. The largest absolute Gasteiger partial charge is 0.467 e. The van der Waals surface area contributed by atoms with Gasteiger partial charge in [-0.2, -0.15) is 0 Å². The highest BCUT2D eigenvalue weighted by Gasteiger charge is 2.41. The minimum Gasteiger partial charge on any atom is -0.467 e. The van der Waals surface area contributed by atoms with Gasteiger partial charge in [0, 0.05) is 35.4 Å². The van der Waals surface area contributed by atoms with Crippen LogP contribution in [-0.2, 0) is 33.2 Å². The average Bonchev–Trinajstić information content (AvgIpc) is 3.30. The number of nitrogens with one attached hydrogen (secondary N) is 1. The Labute approximate surface area is 228 Å². The Morgan fingerprint density at radius 3 is 2.82 bits per heavy atom. The Balaban J connectivity index is 1.18. The second-order valence-corrected chi connectivity index (χ2v) is 10.2. The Kier molecular flexibility index (Phi) is 7.12. The Morgan fingerprint density at radius 1 is 1.13 bits per heavy atom. The maximum Gasteiger partial charge on any atom is 0.259 e. The van der Waals surface area contributed by atoms with E-state index in [1.165, 1.54) is 28.8 Å². The fourth-order valence-electron chi connectivity index (χ4n) is 4.75. The van der Waals surface area contributed by atoms with E-state index in [9.17, 15) is 14.0 Å². The number of carbonyl (C=O) groups excluding carboxylic acids is 2. The molecule has 3 aromatic carbocycles. The molecule has 0 aromatic heterocycles. The number of amides is 2. The first-order valence-corrected chi connectivity index (χ1v) is 13.6. The quantitative estimate of drug-likeness (QED) is 0.466. The number of fused-ring (bicyclic) bond motifs is 4. The van der Waals surface area contributed by atoms with Gasteiger partial charge < -0.3 is 14.8 Å². The molecular weight excluding hydrogens is 519 g/mol. The van der Waals surface area contributed by atoms with Gasteiger partial charge in [-0.3, -0.25) is 14.6 Å². The number of aliphatic imine (C=N–C) groups is 2. The molecule has 0 fully saturated rings. The lowest BCUT2D eigenvalue weighted by Gasteiger charge is -2.26. The van der Waals surface area contributed by atoms with Crippen molar-refractivity contribution >= 4 is 40.3 Å². The summed E-state index contributed by atoms with van der Waals surface area (Å²) in [6.07, 6.45) is 0.453. The molecule has 3 aromatic rings. The van der Waals surface area contributed by atoms with Gasteiger partial charge in [-0.05, 0) is 36.2 Å². The van der Waals surface area contributed by atoms with Gasteiger partial charge in [0.1, 0.15) is 23.4 Å². The molecule has 0 bridgehead atoms. The molecule has 0 spiro atoms. The van der Waals surface area contributed by atoms with Gasteiger partial charge in [0.25, 0.3) is 5.91 Å². The number of benzene rings is 3. The van der Waals surface area contributed by atoms with Crippen molar-refractivity contribution in [2.75, 3.05) is 6.79 Å². The van der Waals surface area contributed by atoms with Crippen LogP contribution < -0.4 is 10.1 Å². The summed E-state index contributed by atoms with van der Waals surface area (Å²) in [5.41, 5.74) is 3.78. The van der Waals surface area contributed by atoms with Crippen LogP contribution in [0.4, 0.5) is 10.1 Å². The number of thioether (sulfide) groups is 1. The summed E-state index contributed by atoms with van der Waals surface area (Å²) in [7, 11) is 0. The second kappa shape index (κ2) is 11.0. The second-order valence-electron chi connectivity index (χ2n) is 9.31. The third-order valence-electron chi connectivity index (χ3n) is 6.63. The van der Waals surface area contributed by atoms with Gasteiger partial charge in [0.2, 0.25) is 5.91 Å². The molecule has 0 saturated carbocycles. The van der Waals surface area contributed by atoms with E-state index < -0.39 is 6.04 Å². The zero-order chi connectivity index (χ0) is 26.8. The lowest BCUT2D eigenvalue weighted by atomic mass is 10.1. The zero-order valence-electron chi connectivity index (χ0n) is 20.9. The van der Waals surface area contributed by atoms with Gasteiger partial charge in [-0.1, -0.05) is 54.2 Å². The zero-order valence-corrected chi connectivity index (χ0v) is 21.7. The molecule has 0 unspecified atom stereocenters. The monoisotopic (exact) mass is 544 g/mol. The van der Waals surface area contributed by atoms with Crippen LogP contribution in [0.1, 0.15) is 35.1 Å². The van der Waals surface area contributed by atoms with Crippen LogP contribution in [0, 0.1) is 5.82 Å². The van der Waals surface area contributed by atoms with E-state index in [0.29, 0.717) is 45.9 Å². The number of ether oxygens (including phenoxy) is 2. The van der Waals surface area contributed by atoms with E-state index >= 15 is 0 Å². The smallest absolute Gasteiger partial charge is 0.259 e. The summed E-state index contributed by atoms with van der Waals surface area (Å²) in [5, 5.41) is 3.36. The van der Waals surface area contributed by atoms with Crippen LogP contribution in [0.15, 0.2) is 76.7 Å². The van der Waals surface area contributed by atoms with Gasteiger partial charge in [-0.15, -0.1) is 0 Å². The summed E-state index contributed by atoms with van der Waals surface area (Å²) in [6, 6.07) is 19.3. The first kappa shape index (κ1) is 25.3. The summed E-state index contributed by atoms with van der Waals surface area (Å²) >= 11 is 1.32. The minimum absolute atomic E-state index is 0.104. The number of halogens is 1. The van der Waals surface area contributed by atoms with Crippen molar-refractivity contribution in [2.24, 2.45) is 9.98 Å². The normalized spacial score (nSPS) is 17.4. The minimum atomic E-state index is -0.693. The number of rotatable bonds is 7. The first-order valence-electron chi connectivity index (χ1n) is 12.6. The third kappa shape index (κ3) is 5.30. The predicted molar refractivity (Wildman–Crippen MR) is 146 cm³/mol. The van der Waals surface area contributed by atoms with E-state index in [0.717, 1.165) is 11.1 Å². The highest BCUT2D eigenvalue weighted by molar-refractivity contribution is 8.13. The van der Waals surface area contributed by atoms with Gasteiger partial charge in [0.15, 0.2) is 12.0 Å². The van der Waals surface area contributed by atoms with Crippen molar-refractivity contribution in [1.29, 1.82) is 0 Å². The molecule has 2 amide bonds. The Hall–Kier alpha value is -4.02. The van der Waals surface area contributed by atoms with Crippen molar-refractivity contribution in [3.63, 3.8) is 0 Å². The molecule has 3 heterocycles. The molecule has 0 saturated heterocycles. The summed E-state index contributed by atoms with van der Waals surface area (Å²) in [4.78, 5) is 37.0. The number of hydrogen-bond acceptors (Lipinski definition) is 7. The molecule has 0 aliphatic carbocycles. The molecule has 3 aliphatic heterocycles. The molecule has 1 atom stereocenters. The maximum absolute atomic E-state index is 14.3. The van der Waals surface area contributed by atoms with Crippen molar-refractivity contribution in [1.82, 2.24) is 10.2 Å². The lowest BCUT2D eigenvalue weighted by Crippen LogP contribution is -2.41. The molecular formula is C29H25FN4O4S. The van der Waals surface area contributed by atoms with Crippen LogP contribution >= 0.6 is 11.8 Å². The topological polar surface area (TPSA) is 92.6 Å². The molecule has 6 rings (SSSR count). The third-order valence-corrected chi connectivity index (χ3v) is 7.62. The molecule has 0 radical (unpaired) electrons. The fourth-order valence-corrected chi connectivity index (χ4v) is 5.71.